The molecule has 9 heteroatoms. The number of carbonyl (C=O) groups is 2. The van der Waals surface area contributed by atoms with Crippen LogP contribution in [0, 0.1) is 17.2 Å². The van der Waals surface area contributed by atoms with E-state index in [0.29, 0.717) is 13.1 Å². The fourth-order valence-corrected chi connectivity index (χ4v) is 5.43. The number of aliphatic hydroxyl groups is 1. The van der Waals surface area contributed by atoms with E-state index >= 15 is 0 Å². The molecule has 2 unspecified atom stereocenters. The number of allylic oxidation sites excluding steroid dienone is 1. The summed E-state index contributed by atoms with van der Waals surface area (Å²) >= 11 is 0. The quantitative estimate of drug-likeness (QED) is 0.293. The van der Waals surface area contributed by atoms with Gasteiger partial charge < -0.3 is 15.3 Å². The van der Waals surface area contributed by atoms with E-state index in [9.17, 15) is 23.1 Å². The standard InChI is InChI=1S/C21H28N2O6S/c1-13-8-14(2)11-23(10-13)30(27,28)18-7-5-6-17(9-18)21(26)29-12-19(25)20(15(3)22)16(4)24/h5-7,9,13-14,22,25H,8,10-12H2,1-4H3/b20-19-,22-15?. The first-order chi connectivity index (χ1) is 13.9. The van der Waals surface area contributed by atoms with E-state index in [4.69, 9.17) is 10.1 Å². The highest BCUT2D eigenvalue weighted by molar-refractivity contribution is 7.89. The SMILES string of the molecule is CC(=N)/C(C(C)=O)=C(/O)COC(=O)c1cccc(S(=O)(=O)N2CC(C)CC(C)C2)c1. The predicted octanol–water partition coefficient (Wildman–Crippen LogP) is 2.95. The van der Waals surface area contributed by atoms with Crippen LogP contribution in [-0.4, -0.2) is 55.0 Å². The second-order valence-electron chi connectivity index (χ2n) is 7.87. The van der Waals surface area contributed by atoms with Gasteiger partial charge in [-0.15, -0.1) is 0 Å². The van der Waals surface area contributed by atoms with Crippen LogP contribution in [0.4, 0.5) is 0 Å². The van der Waals surface area contributed by atoms with Crippen molar-refractivity contribution in [1.29, 1.82) is 5.41 Å². The predicted molar refractivity (Wildman–Crippen MR) is 112 cm³/mol. The minimum atomic E-state index is -3.76. The van der Waals surface area contributed by atoms with Gasteiger partial charge in [-0.1, -0.05) is 19.9 Å². The van der Waals surface area contributed by atoms with Crippen molar-refractivity contribution < 1.29 is 27.9 Å². The fraction of sp³-hybridized carbons (Fsp3) is 0.476. The van der Waals surface area contributed by atoms with Gasteiger partial charge in [-0.2, -0.15) is 4.31 Å². The van der Waals surface area contributed by atoms with Crippen LogP contribution in [0.1, 0.15) is 44.5 Å². The molecule has 0 bridgehead atoms. The monoisotopic (exact) mass is 436 g/mol. The number of nitrogens with zero attached hydrogens (tertiary/aromatic N) is 1. The number of piperidine rings is 1. The molecule has 0 saturated carbocycles. The highest BCUT2D eigenvalue weighted by atomic mass is 32.2. The van der Waals surface area contributed by atoms with Crippen molar-refractivity contribution in [2.24, 2.45) is 11.8 Å². The molecule has 0 spiro atoms. The Labute approximate surface area is 177 Å². The average molecular weight is 437 g/mol. The summed E-state index contributed by atoms with van der Waals surface area (Å²) < 4.78 is 32.5. The second kappa shape index (κ2) is 9.53. The lowest BCUT2D eigenvalue weighted by atomic mass is 9.94. The van der Waals surface area contributed by atoms with E-state index in [2.05, 4.69) is 0 Å². The van der Waals surface area contributed by atoms with Crippen molar-refractivity contribution >= 4 is 27.5 Å². The number of ketones is 1. The number of esters is 1. The van der Waals surface area contributed by atoms with Crippen molar-refractivity contribution in [2.75, 3.05) is 19.7 Å². The molecule has 0 amide bonds. The van der Waals surface area contributed by atoms with Gasteiger partial charge in [-0.3, -0.25) is 4.79 Å². The summed E-state index contributed by atoms with van der Waals surface area (Å²) in [6.07, 6.45) is 0.965. The summed E-state index contributed by atoms with van der Waals surface area (Å²) in [7, 11) is -3.76. The van der Waals surface area contributed by atoms with Crippen LogP contribution in [0.5, 0.6) is 0 Å². The molecule has 0 radical (unpaired) electrons. The van der Waals surface area contributed by atoms with E-state index < -0.39 is 34.1 Å². The van der Waals surface area contributed by atoms with Crippen LogP contribution in [0.2, 0.25) is 0 Å². The van der Waals surface area contributed by atoms with Crippen LogP contribution >= 0.6 is 0 Å². The number of benzene rings is 1. The van der Waals surface area contributed by atoms with E-state index in [1.807, 2.05) is 13.8 Å². The lowest BCUT2D eigenvalue weighted by molar-refractivity contribution is -0.113. The number of ether oxygens (including phenoxy) is 1. The number of carbonyl (C=O) groups excluding carboxylic acids is 2. The normalized spacial score (nSPS) is 20.9. The van der Waals surface area contributed by atoms with E-state index in [-0.39, 0.29) is 33.6 Å². The van der Waals surface area contributed by atoms with Crippen LogP contribution in [0.15, 0.2) is 40.5 Å². The van der Waals surface area contributed by atoms with Crippen LogP contribution < -0.4 is 0 Å². The largest absolute Gasteiger partial charge is 0.508 e. The Balaban J connectivity index is 2.20. The molecule has 30 heavy (non-hydrogen) atoms. The lowest BCUT2D eigenvalue weighted by Gasteiger charge is -2.34. The fourth-order valence-electron chi connectivity index (χ4n) is 3.71. The molecular formula is C21H28N2O6S. The maximum absolute atomic E-state index is 13.0. The molecule has 1 aromatic carbocycles. The van der Waals surface area contributed by atoms with Crippen molar-refractivity contribution in [3.8, 4) is 0 Å². The first kappa shape index (κ1) is 23.8. The van der Waals surface area contributed by atoms with E-state index in [0.717, 1.165) is 6.42 Å². The van der Waals surface area contributed by atoms with Crippen LogP contribution in [-0.2, 0) is 19.6 Å². The maximum atomic E-state index is 13.0. The van der Waals surface area contributed by atoms with Gasteiger partial charge in [0, 0.05) is 18.8 Å². The van der Waals surface area contributed by atoms with Gasteiger partial charge in [0.2, 0.25) is 10.0 Å². The average Bonchev–Trinajstić information content (AvgIpc) is 2.64. The third-order valence-electron chi connectivity index (χ3n) is 4.90. The Morgan fingerprint density at radius 3 is 2.33 bits per heavy atom. The van der Waals surface area contributed by atoms with Crippen molar-refractivity contribution in [3.05, 3.63) is 41.2 Å². The van der Waals surface area contributed by atoms with E-state index in [1.165, 1.54) is 42.4 Å². The van der Waals surface area contributed by atoms with Crippen LogP contribution in [0.3, 0.4) is 0 Å². The Bertz CT molecular complexity index is 957. The molecule has 0 aromatic heterocycles. The van der Waals surface area contributed by atoms with Gasteiger partial charge in [-0.05, 0) is 50.3 Å². The van der Waals surface area contributed by atoms with Gasteiger partial charge in [0.05, 0.1) is 16.0 Å². The summed E-state index contributed by atoms with van der Waals surface area (Å²) in [5.74, 6) is -1.39. The molecule has 1 aliphatic heterocycles. The number of sulfonamides is 1. The first-order valence-electron chi connectivity index (χ1n) is 9.69. The summed E-state index contributed by atoms with van der Waals surface area (Å²) in [6, 6.07) is 5.55. The molecule has 2 N–H and O–H groups in total. The molecule has 1 aliphatic rings. The number of nitrogens with one attached hydrogen (secondary N) is 1. The smallest absolute Gasteiger partial charge is 0.338 e. The molecule has 2 rings (SSSR count). The second-order valence-corrected chi connectivity index (χ2v) is 9.81. The first-order valence-corrected chi connectivity index (χ1v) is 11.1. The molecule has 1 heterocycles. The van der Waals surface area contributed by atoms with E-state index in [1.54, 1.807) is 0 Å². The van der Waals surface area contributed by atoms with Gasteiger partial charge in [-0.25, -0.2) is 13.2 Å². The van der Waals surface area contributed by atoms with Crippen molar-refractivity contribution in [3.63, 3.8) is 0 Å². The highest BCUT2D eigenvalue weighted by Gasteiger charge is 2.32. The molecule has 1 saturated heterocycles. The summed E-state index contributed by atoms with van der Waals surface area (Å²) in [4.78, 5) is 23.9. The summed E-state index contributed by atoms with van der Waals surface area (Å²) in [6.45, 7) is 6.82. The number of hydrogen-bond donors (Lipinski definition) is 2. The molecule has 1 aromatic rings. The number of Topliss-reactive ketones (excluding diaryl/α,β-unsaturated/α-hetero) is 1. The summed E-state index contributed by atoms with van der Waals surface area (Å²) in [5.41, 5.74) is -0.348. The van der Waals surface area contributed by atoms with Crippen molar-refractivity contribution in [1.82, 2.24) is 4.31 Å². The zero-order chi connectivity index (χ0) is 22.6. The lowest BCUT2D eigenvalue weighted by Crippen LogP contribution is -2.42. The number of aliphatic hydroxyl groups excluding tert-OH is 1. The maximum Gasteiger partial charge on any atom is 0.338 e. The Morgan fingerprint density at radius 2 is 1.80 bits per heavy atom. The minimum absolute atomic E-state index is 0.00206. The molecule has 0 aliphatic carbocycles. The van der Waals surface area contributed by atoms with Gasteiger partial charge in [0.1, 0.15) is 12.4 Å². The van der Waals surface area contributed by atoms with Gasteiger partial charge in [0.25, 0.3) is 0 Å². The Morgan fingerprint density at radius 1 is 1.20 bits per heavy atom. The van der Waals surface area contributed by atoms with Crippen LogP contribution in [0.25, 0.3) is 0 Å². The highest BCUT2D eigenvalue weighted by Crippen LogP contribution is 2.27. The van der Waals surface area contributed by atoms with Gasteiger partial charge in [0.15, 0.2) is 5.78 Å². The molecular weight excluding hydrogens is 408 g/mol. The van der Waals surface area contributed by atoms with Gasteiger partial charge >= 0.3 is 5.97 Å². The third kappa shape index (κ3) is 5.54. The molecule has 1 fully saturated rings. The minimum Gasteiger partial charge on any atom is -0.508 e. The third-order valence-corrected chi connectivity index (χ3v) is 6.73. The Hall–Kier alpha value is -2.52. The summed E-state index contributed by atoms with van der Waals surface area (Å²) in [5, 5.41) is 17.5. The number of hydrogen-bond acceptors (Lipinski definition) is 7. The zero-order valence-corrected chi connectivity index (χ0v) is 18.5. The molecule has 8 nitrogen and oxygen atoms in total. The van der Waals surface area contributed by atoms with Crippen molar-refractivity contribution in [2.45, 2.75) is 39.0 Å². The Kier molecular flexibility index (Phi) is 7.54. The zero-order valence-electron chi connectivity index (χ0n) is 17.6. The number of rotatable bonds is 7. The molecule has 2 atom stereocenters. The molecule has 164 valence electrons. The topological polar surface area (TPSA) is 125 Å².